The van der Waals surface area contributed by atoms with Gasteiger partial charge in [0, 0.05) is 24.7 Å². The van der Waals surface area contributed by atoms with E-state index in [4.69, 9.17) is 9.84 Å². The van der Waals surface area contributed by atoms with Crippen LogP contribution in [0.15, 0.2) is 48.7 Å². The molecule has 2 N–H and O–H groups in total. The van der Waals surface area contributed by atoms with Crippen LogP contribution in [0.25, 0.3) is 0 Å². The molecule has 1 aliphatic rings. The summed E-state index contributed by atoms with van der Waals surface area (Å²) in [4.78, 5) is 27.4. The maximum absolute atomic E-state index is 12.2. The van der Waals surface area contributed by atoms with E-state index in [1.165, 1.54) is 0 Å². The van der Waals surface area contributed by atoms with E-state index in [-0.39, 0.29) is 11.8 Å². The van der Waals surface area contributed by atoms with E-state index < -0.39 is 11.9 Å². The Kier molecular flexibility index (Phi) is 5.84. The van der Waals surface area contributed by atoms with Gasteiger partial charge in [0.15, 0.2) is 0 Å². The van der Waals surface area contributed by atoms with E-state index in [0.717, 1.165) is 11.1 Å². The van der Waals surface area contributed by atoms with Crippen molar-refractivity contribution in [2.45, 2.75) is 32.4 Å². The van der Waals surface area contributed by atoms with E-state index >= 15 is 0 Å². The minimum atomic E-state index is -0.811. The van der Waals surface area contributed by atoms with Crippen LogP contribution in [0.5, 0.6) is 5.88 Å². The van der Waals surface area contributed by atoms with Gasteiger partial charge in [-0.15, -0.1) is 0 Å². The lowest BCUT2D eigenvalue weighted by Gasteiger charge is -2.11. The summed E-state index contributed by atoms with van der Waals surface area (Å²) in [7, 11) is 0. The number of carboxylic acid groups (broad SMARTS) is 1. The van der Waals surface area contributed by atoms with Crippen LogP contribution >= 0.6 is 0 Å². The van der Waals surface area contributed by atoms with Crippen molar-refractivity contribution in [2.24, 2.45) is 11.8 Å². The standard InChI is InChI=1S/C20H22N2O4/c23-19(16-6-7-17(11-16)20(24)25)22-12-15-8-9-21-18(10-15)26-13-14-4-2-1-3-5-14/h1-5,8-10,16-17H,6-7,11-13H2,(H,22,23)(H,24,25)/t16-,17+/m0/s1. The minimum Gasteiger partial charge on any atom is -0.481 e. The summed E-state index contributed by atoms with van der Waals surface area (Å²) in [5.74, 6) is -1.00. The topological polar surface area (TPSA) is 88.5 Å². The molecule has 0 saturated heterocycles. The van der Waals surface area contributed by atoms with Gasteiger partial charge in [0.25, 0.3) is 0 Å². The van der Waals surface area contributed by atoms with Crippen molar-refractivity contribution >= 4 is 11.9 Å². The third-order valence-corrected chi connectivity index (χ3v) is 4.65. The molecule has 6 nitrogen and oxygen atoms in total. The molecule has 2 aromatic rings. The monoisotopic (exact) mass is 354 g/mol. The molecule has 26 heavy (non-hydrogen) atoms. The number of pyridine rings is 1. The maximum atomic E-state index is 12.2. The predicted octanol–water partition coefficient (Wildman–Crippen LogP) is 2.78. The molecule has 1 fully saturated rings. The Morgan fingerprint density at radius 1 is 1.12 bits per heavy atom. The number of rotatable bonds is 7. The molecule has 2 atom stereocenters. The van der Waals surface area contributed by atoms with Gasteiger partial charge < -0.3 is 15.2 Å². The van der Waals surface area contributed by atoms with E-state index in [1.54, 1.807) is 12.3 Å². The molecule has 1 aliphatic carbocycles. The zero-order chi connectivity index (χ0) is 18.4. The first-order chi connectivity index (χ1) is 12.6. The van der Waals surface area contributed by atoms with Gasteiger partial charge in [-0.3, -0.25) is 9.59 Å². The number of aliphatic carboxylic acids is 1. The lowest BCUT2D eigenvalue weighted by atomic mass is 10.0. The molecule has 1 aromatic heterocycles. The Labute approximate surface area is 152 Å². The van der Waals surface area contributed by atoms with Crippen LogP contribution in [0.1, 0.15) is 30.4 Å². The van der Waals surface area contributed by atoms with Crippen molar-refractivity contribution in [3.63, 3.8) is 0 Å². The second-order valence-corrected chi connectivity index (χ2v) is 6.54. The third-order valence-electron chi connectivity index (χ3n) is 4.65. The summed E-state index contributed by atoms with van der Waals surface area (Å²) in [5, 5.41) is 11.9. The number of carbonyl (C=O) groups is 2. The summed E-state index contributed by atoms with van der Waals surface area (Å²) in [6, 6.07) is 13.5. The average molecular weight is 354 g/mol. The molecular formula is C20H22N2O4. The van der Waals surface area contributed by atoms with Gasteiger partial charge in [-0.1, -0.05) is 30.3 Å². The van der Waals surface area contributed by atoms with Crippen LogP contribution in [0.3, 0.4) is 0 Å². The van der Waals surface area contributed by atoms with Crippen LogP contribution < -0.4 is 10.1 Å². The normalized spacial score (nSPS) is 19.1. The van der Waals surface area contributed by atoms with Crippen molar-refractivity contribution in [1.82, 2.24) is 10.3 Å². The zero-order valence-corrected chi connectivity index (χ0v) is 14.4. The lowest BCUT2D eigenvalue weighted by molar-refractivity contribution is -0.141. The first-order valence-electron chi connectivity index (χ1n) is 8.74. The fourth-order valence-electron chi connectivity index (χ4n) is 3.15. The number of nitrogens with one attached hydrogen (secondary N) is 1. The molecule has 1 heterocycles. The number of aromatic nitrogens is 1. The molecule has 1 saturated carbocycles. The lowest BCUT2D eigenvalue weighted by Crippen LogP contribution is -2.29. The second kappa shape index (κ2) is 8.47. The minimum absolute atomic E-state index is 0.0858. The van der Waals surface area contributed by atoms with Crippen molar-refractivity contribution in [3.8, 4) is 5.88 Å². The van der Waals surface area contributed by atoms with Crippen molar-refractivity contribution < 1.29 is 19.4 Å². The summed E-state index contributed by atoms with van der Waals surface area (Å²) in [6.07, 6.45) is 3.27. The number of hydrogen-bond acceptors (Lipinski definition) is 4. The smallest absolute Gasteiger partial charge is 0.306 e. The Hall–Kier alpha value is -2.89. The van der Waals surface area contributed by atoms with Gasteiger partial charge in [-0.25, -0.2) is 4.98 Å². The first kappa shape index (κ1) is 17.9. The average Bonchev–Trinajstić information content (AvgIpc) is 3.16. The van der Waals surface area contributed by atoms with Crippen molar-refractivity contribution in [1.29, 1.82) is 0 Å². The Morgan fingerprint density at radius 3 is 2.62 bits per heavy atom. The SMILES string of the molecule is O=C(O)[C@@H]1CC[C@H](C(=O)NCc2ccnc(OCc3ccccc3)c2)C1. The highest BCUT2D eigenvalue weighted by Gasteiger charge is 2.33. The van der Waals surface area contributed by atoms with E-state index in [0.29, 0.717) is 38.3 Å². The highest BCUT2D eigenvalue weighted by molar-refractivity contribution is 5.80. The number of nitrogens with zero attached hydrogens (tertiary/aromatic N) is 1. The summed E-state index contributed by atoms with van der Waals surface area (Å²) >= 11 is 0. The maximum Gasteiger partial charge on any atom is 0.306 e. The predicted molar refractivity (Wildman–Crippen MR) is 95.3 cm³/mol. The summed E-state index contributed by atoms with van der Waals surface area (Å²) in [5.41, 5.74) is 1.95. The molecule has 0 bridgehead atoms. The van der Waals surface area contributed by atoms with Crippen LogP contribution in [0, 0.1) is 11.8 Å². The Balaban J connectivity index is 1.49. The quantitative estimate of drug-likeness (QED) is 0.798. The van der Waals surface area contributed by atoms with Gasteiger partial charge in [-0.05, 0) is 36.5 Å². The second-order valence-electron chi connectivity index (χ2n) is 6.54. The highest BCUT2D eigenvalue weighted by Crippen LogP contribution is 2.31. The van der Waals surface area contributed by atoms with Crippen molar-refractivity contribution in [2.75, 3.05) is 0 Å². The van der Waals surface area contributed by atoms with Crippen LogP contribution in [-0.4, -0.2) is 22.0 Å². The van der Waals surface area contributed by atoms with E-state index in [1.807, 2.05) is 36.4 Å². The summed E-state index contributed by atoms with van der Waals surface area (Å²) in [6.45, 7) is 0.805. The van der Waals surface area contributed by atoms with E-state index in [2.05, 4.69) is 10.3 Å². The molecule has 1 aromatic carbocycles. The third kappa shape index (κ3) is 4.81. The number of benzene rings is 1. The number of carbonyl (C=O) groups excluding carboxylic acids is 1. The summed E-state index contributed by atoms with van der Waals surface area (Å²) < 4.78 is 5.69. The first-order valence-corrected chi connectivity index (χ1v) is 8.74. The largest absolute Gasteiger partial charge is 0.481 e. The number of ether oxygens (including phenoxy) is 1. The van der Waals surface area contributed by atoms with Crippen LogP contribution in [0.4, 0.5) is 0 Å². The number of hydrogen-bond donors (Lipinski definition) is 2. The Bertz CT molecular complexity index is 763. The molecule has 1 amide bonds. The van der Waals surface area contributed by atoms with Gasteiger partial charge in [-0.2, -0.15) is 0 Å². The zero-order valence-electron chi connectivity index (χ0n) is 14.4. The molecule has 6 heteroatoms. The molecule has 0 unspecified atom stereocenters. The van der Waals surface area contributed by atoms with Gasteiger partial charge in [0.2, 0.25) is 11.8 Å². The number of amides is 1. The number of carboxylic acids is 1. The van der Waals surface area contributed by atoms with E-state index in [9.17, 15) is 9.59 Å². The van der Waals surface area contributed by atoms with Gasteiger partial charge in [0.05, 0.1) is 5.92 Å². The Morgan fingerprint density at radius 2 is 1.88 bits per heavy atom. The van der Waals surface area contributed by atoms with Crippen LogP contribution in [0.2, 0.25) is 0 Å². The van der Waals surface area contributed by atoms with Crippen LogP contribution in [-0.2, 0) is 22.7 Å². The van der Waals surface area contributed by atoms with Gasteiger partial charge >= 0.3 is 5.97 Å². The molecular weight excluding hydrogens is 332 g/mol. The molecule has 0 aliphatic heterocycles. The molecule has 136 valence electrons. The molecule has 0 radical (unpaired) electrons. The highest BCUT2D eigenvalue weighted by atomic mass is 16.5. The fraction of sp³-hybridized carbons (Fsp3) is 0.350. The fourth-order valence-corrected chi connectivity index (χ4v) is 3.15. The molecule has 3 rings (SSSR count). The van der Waals surface area contributed by atoms with Gasteiger partial charge in [0.1, 0.15) is 6.61 Å². The molecule has 0 spiro atoms. The van der Waals surface area contributed by atoms with Crippen molar-refractivity contribution in [3.05, 3.63) is 59.8 Å².